The smallest absolute Gasteiger partial charge is 0.153 e. The van der Waals surface area contributed by atoms with E-state index < -0.39 is 0 Å². The Kier molecular flexibility index (Phi) is 2.18. The first-order chi connectivity index (χ1) is 4.25. The van der Waals surface area contributed by atoms with Crippen molar-refractivity contribution < 1.29 is 4.79 Å². The normalized spacial score (nSPS) is 18.2. The zero-order chi connectivity index (χ0) is 6.85. The van der Waals surface area contributed by atoms with Crippen molar-refractivity contribution >= 4 is 42.8 Å². The van der Waals surface area contributed by atoms with Crippen LogP contribution in [0.2, 0.25) is 0 Å². The van der Waals surface area contributed by atoms with Crippen LogP contribution in [0.1, 0.15) is 0 Å². The minimum Gasteiger partial charge on any atom is -0.298 e. The second-order valence-electron chi connectivity index (χ2n) is 1.54. The fraction of sp³-hybridized carbons (Fsp3) is 0.200. The number of hydrogen-bond acceptors (Lipinski definition) is 2. The average molecular weight is 253 g/mol. The van der Waals surface area contributed by atoms with Gasteiger partial charge in [-0.1, -0.05) is 15.9 Å². The van der Waals surface area contributed by atoms with E-state index in [-0.39, 0.29) is 0 Å². The fourth-order valence-corrected chi connectivity index (χ4v) is 1.66. The molecule has 0 unspecified atom stereocenters. The Hall–Kier alpha value is 0.0400. The highest BCUT2D eigenvalue weighted by Gasteiger charge is 2.13. The lowest BCUT2D eigenvalue weighted by molar-refractivity contribution is -0.104. The van der Waals surface area contributed by atoms with Crippen molar-refractivity contribution in [3.63, 3.8) is 0 Å². The van der Waals surface area contributed by atoms with Gasteiger partial charge in [0, 0.05) is 4.48 Å². The molecule has 1 aliphatic heterocycles. The van der Waals surface area contributed by atoms with Crippen LogP contribution in [0, 0.1) is 0 Å². The summed E-state index contributed by atoms with van der Waals surface area (Å²) in [6.45, 7) is 0.578. The zero-order valence-electron chi connectivity index (χ0n) is 4.40. The first-order valence-electron chi connectivity index (χ1n) is 2.30. The molecule has 0 aromatic rings. The molecule has 48 valence electrons. The van der Waals surface area contributed by atoms with Gasteiger partial charge in [-0.3, -0.25) is 9.79 Å². The number of aliphatic imine (C=N–C) groups is 1. The quantitative estimate of drug-likeness (QED) is 0.653. The molecule has 9 heavy (non-hydrogen) atoms. The predicted octanol–water partition coefficient (Wildman–Crippen LogP) is 1.64. The predicted molar refractivity (Wildman–Crippen MR) is 43.2 cm³/mol. The Morgan fingerprint density at radius 3 is 2.44 bits per heavy atom. The van der Waals surface area contributed by atoms with Gasteiger partial charge in [-0.2, -0.15) is 0 Å². The summed E-state index contributed by atoms with van der Waals surface area (Å²) in [6, 6.07) is 0. The summed E-state index contributed by atoms with van der Waals surface area (Å²) in [5.74, 6) is 0. The average Bonchev–Trinajstić information content (AvgIpc) is 2.12. The molecule has 4 heteroatoms. The van der Waals surface area contributed by atoms with Crippen molar-refractivity contribution in [2.75, 3.05) is 6.54 Å². The van der Waals surface area contributed by atoms with Gasteiger partial charge in [0.15, 0.2) is 6.29 Å². The van der Waals surface area contributed by atoms with Crippen LogP contribution in [-0.4, -0.2) is 17.5 Å². The molecule has 0 fully saturated rings. The van der Waals surface area contributed by atoms with Crippen LogP contribution in [0.5, 0.6) is 0 Å². The molecule has 0 N–H and O–H groups in total. The highest BCUT2D eigenvalue weighted by molar-refractivity contribution is 9.18. The molecule has 0 aromatic heterocycles. The topological polar surface area (TPSA) is 29.4 Å². The summed E-state index contributed by atoms with van der Waals surface area (Å²) >= 11 is 6.35. The van der Waals surface area contributed by atoms with Gasteiger partial charge in [-0.15, -0.1) is 0 Å². The van der Waals surface area contributed by atoms with Crippen LogP contribution in [-0.2, 0) is 4.79 Å². The molecule has 0 bridgehead atoms. The van der Waals surface area contributed by atoms with Crippen molar-refractivity contribution in [2.45, 2.75) is 0 Å². The number of rotatable bonds is 1. The molecule has 0 atom stereocenters. The SMILES string of the molecule is O=CC1=C(Br)CN=C1Br. The molecule has 0 saturated heterocycles. The third-order valence-electron chi connectivity index (χ3n) is 0.989. The number of aldehydes is 1. The van der Waals surface area contributed by atoms with E-state index in [4.69, 9.17) is 0 Å². The molecular formula is C5H3Br2NO. The summed E-state index contributed by atoms with van der Waals surface area (Å²) in [5.41, 5.74) is 0.620. The van der Waals surface area contributed by atoms with E-state index in [9.17, 15) is 4.79 Å². The molecule has 1 heterocycles. The summed E-state index contributed by atoms with van der Waals surface area (Å²) in [7, 11) is 0. The monoisotopic (exact) mass is 251 g/mol. The third-order valence-corrected chi connectivity index (χ3v) is 2.34. The second-order valence-corrected chi connectivity index (χ2v) is 3.25. The lowest BCUT2D eigenvalue weighted by Crippen LogP contribution is -1.89. The number of carbonyl (C=O) groups is 1. The molecule has 1 aliphatic rings. The Balaban J connectivity index is 2.96. The van der Waals surface area contributed by atoms with Crippen molar-refractivity contribution in [1.82, 2.24) is 0 Å². The molecule has 0 aliphatic carbocycles. The molecule has 0 spiro atoms. The number of carbonyl (C=O) groups excluding carboxylic acids is 1. The molecule has 1 rings (SSSR count). The molecule has 0 saturated carbocycles. The van der Waals surface area contributed by atoms with Crippen molar-refractivity contribution in [3.8, 4) is 0 Å². The van der Waals surface area contributed by atoms with Crippen LogP contribution < -0.4 is 0 Å². The van der Waals surface area contributed by atoms with E-state index in [0.29, 0.717) is 16.7 Å². The maximum atomic E-state index is 10.2. The Morgan fingerprint density at radius 2 is 2.22 bits per heavy atom. The third kappa shape index (κ3) is 1.30. The number of nitrogens with zero attached hydrogens (tertiary/aromatic N) is 1. The highest BCUT2D eigenvalue weighted by atomic mass is 79.9. The first kappa shape index (κ1) is 7.15. The lowest BCUT2D eigenvalue weighted by Gasteiger charge is -1.86. The highest BCUT2D eigenvalue weighted by Crippen LogP contribution is 2.21. The number of halogens is 2. The van der Waals surface area contributed by atoms with Crippen LogP contribution in [0.4, 0.5) is 0 Å². The van der Waals surface area contributed by atoms with Gasteiger partial charge < -0.3 is 0 Å². The maximum absolute atomic E-state index is 10.2. The standard InChI is InChI=1S/C5H3Br2NO/c6-4-1-8-5(7)3(4)2-9/h2H,1H2. The van der Waals surface area contributed by atoms with Crippen LogP contribution in [0.15, 0.2) is 15.0 Å². The van der Waals surface area contributed by atoms with Gasteiger partial charge in [0.05, 0.1) is 12.1 Å². The van der Waals surface area contributed by atoms with E-state index in [1.165, 1.54) is 0 Å². The molecular weight excluding hydrogens is 250 g/mol. The van der Waals surface area contributed by atoms with Crippen LogP contribution >= 0.6 is 31.9 Å². The van der Waals surface area contributed by atoms with Gasteiger partial charge in [-0.05, 0) is 15.9 Å². The summed E-state index contributed by atoms with van der Waals surface area (Å²) < 4.78 is 1.49. The number of hydrogen-bond donors (Lipinski definition) is 0. The van der Waals surface area contributed by atoms with Gasteiger partial charge in [0.2, 0.25) is 0 Å². The van der Waals surface area contributed by atoms with Crippen molar-refractivity contribution in [2.24, 2.45) is 4.99 Å². The first-order valence-corrected chi connectivity index (χ1v) is 3.88. The molecule has 0 radical (unpaired) electrons. The zero-order valence-corrected chi connectivity index (χ0v) is 7.57. The number of allylic oxidation sites excluding steroid dienone is 1. The molecule has 0 amide bonds. The Bertz CT molecular complexity index is 207. The van der Waals surface area contributed by atoms with E-state index in [1.54, 1.807) is 0 Å². The fourth-order valence-electron chi connectivity index (χ4n) is 0.534. The largest absolute Gasteiger partial charge is 0.298 e. The van der Waals surface area contributed by atoms with Gasteiger partial charge in [0.25, 0.3) is 0 Å². The summed E-state index contributed by atoms with van der Waals surface area (Å²) in [6.07, 6.45) is 0.782. The molecule has 0 aromatic carbocycles. The van der Waals surface area contributed by atoms with E-state index in [1.807, 2.05) is 0 Å². The Morgan fingerprint density at radius 1 is 1.56 bits per heavy atom. The van der Waals surface area contributed by atoms with Gasteiger partial charge >= 0.3 is 0 Å². The van der Waals surface area contributed by atoms with Crippen LogP contribution in [0.25, 0.3) is 0 Å². The maximum Gasteiger partial charge on any atom is 0.153 e. The van der Waals surface area contributed by atoms with Crippen LogP contribution in [0.3, 0.4) is 0 Å². The second kappa shape index (κ2) is 2.75. The van der Waals surface area contributed by atoms with Gasteiger partial charge in [0.1, 0.15) is 4.62 Å². The minimum atomic E-state index is 0.578. The van der Waals surface area contributed by atoms with E-state index in [2.05, 4.69) is 36.9 Å². The minimum absolute atomic E-state index is 0.578. The molecule has 2 nitrogen and oxygen atoms in total. The van der Waals surface area contributed by atoms with Crippen molar-refractivity contribution in [1.29, 1.82) is 0 Å². The van der Waals surface area contributed by atoms with Gasteiger partial charge in [-0.25, -0.2) is 0 Å². The van der Waals surface area contributed by atoms with E-state index >= 15 is 0 Å². The van der Waals surface area contributed by atoms with Crippen molar-refractivity contribution in [3.05, 3.63) is 10.1 Å². The summed E-state index contributed by atoms with van der Waals surface area (Å²) in [5, 5.41) is 0. The summed E-state index contributed by atoms with van der Waals surface area (Å²) in [4.78, 5) is 14.2. The Labute approximate surface area is 69.3 Å². The lowest BCUT2D eigenvalue weighted by atomic mass is 10.3. The van der Waals surface area contributed by atoms with E-state index in [0.717, 1.165) is 10.8 Å².